The molecule has 4 aliphatic rings. The molecule has 1 heterocycles. The van der Waals surface area contributed by atoms with Crippen molar-refractivity contribution in [3.63, 3.8) is 0 Å². The number of benzene rings is 3. The lowest BCUT2D eigenvalue weighted by atomic mass is 9.68. The number of rotatable bonds is 1. The van der Waals surface area contributed by atoms with Crippen molar-refractivity contribution < 1.29 is 4.79 Å². The fraction of sp³-hybridized carbons (Fsp3) is 0.323. The third-order valence-electron chi connectivity index (χ3n) is 9.79. The van der Waals surface area contributed by atoms with Gasteiger partial charge in [0.2, 0.25) is 0 Å². The highest BCUT2D eigenvalue weighted by Crippen LogP contribution is 2.68. The first kappa shape index (κ1) is 19.3. The molecule has 0 aromatic heterocycles. The molecule has 3 atom stereocenters. The third-order valence-corrected chi connectivity index (χ3v) is 9.79. The van der Waals surface area contributed by atoms with Crippen molar-refractivity contribution in [2.45, 2.75) is 46.0 Å². The largest absolute Gasteiger partial charge is 0.354 e. The molecule has 0 saturated heterocycles. The second kappa shape index (κ2) is 6.26. The van der Waals surface area contributed by atoms with Crippen LogP contribution in [0.2, 0.25) is 0 Å². The second-order valence-corrected chi connectivity index (χ2v) is 11.2. The first-order chi connectivity index (χ1) is 15.9. The van der Waals surface area contributed by atoms with E-state index in [9.17, 15) is 4.79 Å². The summed E-state index contributed by atoms with van der Waals surface area (Å²) in [5.74, 6) is 0.901. The van der Waals surface area contributed by atoms with E-state index in [4.69, 9.17) is 0 Å². The summed E-state index contributed by atoms with van der Waals surface area (Å²) in [6.07, 6.45) is 6.25. The number of hydrogen-bond donors (Lipinski definition) is 1. The molecule has 3 aliphatic carbocycles. The Morgan fingerprint density at radius 3 is 2.45 bits per heavy atom. The molecule has 0 amide bonds. The summed E-state index contributed by atoms with van der Waals surface area (Å²) < 4.78 is 0. The van der Waals surface area contributed by atoms with Crippen molar-refractivity contribution in [1.29, 1.82) is 0 Å². The van der Waals surface area contributed by atoms with E-state index in [1.165, 1.54) is 29.2 Å². The Morgan fingerprint density at radius 1 is 0.939 bits per heavy atom. The van der Waals surface area contributed by atoms with E-state index < -0.39 is 0 Å². The van der Waals surface area contributed by atoms with E-state index in [1.807, 2.05) is 18.2 Å². The van der Waals surface area contributed by atoms with Crippen LogP contribution in [-0.4, -0.2) is 5.78 Å². The fourth-order valence-electron chi connectivity index (χ4n) is 7.39. The molecule has 1 aliphatic heterocycles. The molecule has 2 unspecified atom stereocenters. The van der Waals surface area contributed by atoms with Crippen molar-refractivity contribution in [1.82, 2.24) is 0 Å². The van der Waals surface area contributed by atoms with Gasteiger partial charge in [-0.1, -0.05) is 87.0 Å². The molecule has 3 aromatic carbocycles. The van der Waals surface area contributed by atoms with Crippen LogP contribution in [0.15, 0.2) is 77.9 Å². The molecule has 3 aromatic rings. The highest BCUT2D eigenvalue weighted by atomic mass is 16.1. The molecule has 0 spiro atoms. The second-order valence-electron chi connectivity index (χ2n) is 11.2. The monoisotopic (exact) mass is 431 g/mol. The summed E-state index contributed by atoms with van der Waals surface area (Å²) in [5.41, 5.74) is 8.27. The maximum atomic E-state index is 13.8. The van der Waals surface area contributed by atoms with Gasteiger partial charge in [-0.25, -0.2) is 0 Å². The highest BCUT2D eigenvalue weighted by molar-refractivity contribution is 6.24. The third kappa shape index (κ3) is 2.32. The van der Waals surface area contributed by atoms with E-state index in [0.717, 1.165) is 40.4 Å². The van der Waals surface area contributed by atoms with E-state index >= 15 is 0 Å². The maximum Gasteiger partial charge on any atom is 0.192 e. The van der Waals surface area contributed by atoms with Gasteiger partial charge in [0.1, 0.15) is 0 Å². The van der Waals surface area contributed by atoms with Crippen molar-refractivity contribution in [3.05, 3.63) is 94.6 Å². The average Bonchev–Trinajstić information content (AvgIpc) is 3.31. The predicted octanol–water partition coefficient (Wildman–Crippen LogP) is 7.73. The fourth-order valence-corrected chi connectivity index (χ4v) is 7.39. The van der Waals surface area contributed by atoms with Gasteiger partial charge in [-0.2, -0.15) is 0 Å². The normalized spacial score (nSPS) is 29.9. The molecule has 0 radical (unpaired) electrons. The Balaban J connectivity index is 1.50. The lowest BCUT2D eigenvalue weighted by Gasteiger charge is -2.37. The van der Waals surface area contributed by atoms with Crippen molar-refractivity contribution in [2.75, 3.05) is 5.32 Å². The number of nitrogens with one attached hydrogen (secondary N) is 1. The maximum absolute atomic E-state index is 13.8. The summed E-state index contributed by atoms with van der Waals surface area (Å²) in [4.78, 5) is 13.8. The Labute approximate surface area is 195 Å². The minimum atomic E-state index is -0.0239. The zero-order valence-corrected chi connectivity index (χ0v) is 19.5. The number of carbonyl (C=O) groups is 1. The smallest absolute Gasteiger partial charge is 0.192 e. The molecular formula is C31H29NO. The molecule has 2 saturated carbocycles. The van der Waals surface area contributed by atoms with Crippen LogP contribution in [-0.2, 0) is 0 Å². The summed E-state index contributed by atoms with van der Waals surface area (Å²) in [6.45, 7) is 7.38. The van der Waals surface area contributed by atoms with Gasteiger partial charge in [-0.05, 0) is 58.4 Å². The standard InChI is InChI=1S/C31H29NO/c1-30(2)19-14-15-31(30,3)20(16-19)17-24-26-21-9-5-4-8-18(21)12-13-25(26)32-28-22-10-6-7-11-23(22)29(33)27(24)28/h4-13,17,19,24,32H,14-16H2,1-3H3/t19?,24-,31?/m1/s1. The van der Waals surface area contributed by atoms with Crippen LogP contribution in [0.5, 0.6) is 0 Å². The van der Waals surface area contributed by atoms with Crippen molar-refractivity contribution >= 4 is 27.9 Å². The molecule has 164 valence electrons. The Kier molecular flexibility index (Phi) is 3.67. The molecule has 33 heavy (non-hydrogen) atoms. The molecular weight excluding hydrogens is 402 g/mol. The van der Waals surface area contributed by atoms with E-state index in [0.29, 0.717) is 5.41 Å². The van der Waals surface area contributed by atoms with Gasteiger partial charge in [0.05, 0.1) is 5.70 Å². The number of Topliss-reactive ketones (excluding diaryl/α,β-unsaturated/α-hetero) is 1. The van der Waals surface area contributed by atoms with Gasteiger partial charge in [-0.3, -0.25) is 4.79 Å². The Hall–Kier alpha value is -3.13. The quantitative estimate of drug-likeness (QED) is 0.399. The van der Waals surface area contributed by atoms with Gasteiger partial charge in [0.25, 0.3) is 0 Å². The lowest BCUT2D eigenvalue weighted by molar-refractivity contribution is 0.103. The van der Waals surface area contributed by atoms with Gasteiger partial charge in [0, 0.05) is 28.3 Å². The van der Waals surface area contributed by atoms with Gasteiger partial charge in [0.15, 0.2) is 5.78 Å². The Morgan fingerprint density at radius 2 is 1.70 bits per heavy atom. The summed E-state index contributed by atoms with van der Waals surface area (Å²) in [5, 5.41) is 6.15. The molecule has 2 bridgehead atoms. The number of hydrogen-bond acceptors (Lipinski definition) is 2. The SMILES string of the molecule is CC12CCC(CC1=C[C@H]1C3=C(Nc4ccc5ccccc5c41)c1ccccc1C3=O)C2(C)C. The molecule has 2 nitrogen and oxygen atoms in total. The van der Waals surface area contributed by atoms with Crippen LogP contribution in [0, 0.1) is 16.7 Å². The summed E-state index contributed by atoms with van der Waals surface area (Å²) in [7, 11) is 0. The summed E-state index contributed by atoms with van der Waals surface area (Å²) >= 11 is 0. The predicted molar refractivity (Wildman–Crippen MR) is 135 cm³/mol. The van der Waals surface area contributed by atoms with Crippen LogP contribution in [0.4, 0.5) is 5.69 Å². The Bertz CT molecular complexity index is 1440. The topological polar surface area (TPSA) is 29.1 Å². The van der Waals surface area contributed by atoms with Crippen LogP contribution < -0.4 is 5.32 Å². The zero-order valence-electron chi connectivity index (χ0n) is 19.5. The molecule has 1 N–H and O–H groups in total. The molecule has 2 fully saturated rings. The number of ketones is 1. The average molecular weight is 432 g/mol. The minimum absolute atomic E-state index is 0.0239. The van der Waals surface area contributed by atoms with Gasteiger partial charge < -0.3 is 5.32 Å². The van der Waals surface area contributed by atoms with Crippen LogP contribution in [0.25, 0.3) is 16.5 Å². The van der Waals surface area contributed by atoms with E-state index in [2.05, 4.69) is 74.6 Å². The number of anilines is 1. The van der Waals surface area contributed by atoms with Gasteiger partial charge in [-0.15, -0.1) is 0 Å². The number of carbonyl (C=O) groups excluding carboxylic acids is 1. The van der Waals surface area contributed by atoms with E-state index in [-0.39, 0.29) is 17.1 Å². The van der Waals surface area contributed by atoms with Crippen molar-refractivity contribution in [2.24, 2.45) is 16.7 Å². The number of allylic oxidation sites excluding steroid dienone is 3. The lowest BCUT2D eigenvalue weighted by Crippen LogP contribution is -2.28. The van der Waals surface area contributed by atoms with E-state index in [1.54, 1.807) is 5.57 Å². The minimum Gasteiger partial charge on any atom is -0.354 e. The van der Waals surface area contributed by atoms with Crippen molar-refractivity contribution in [3.8, 4) is 0 Å². The highest BCUT2D eigenvalue weighted by Gasteiger charge is 2.59. The zero-order chi connectivity index (χ0) is 22.5. The summed E-state index contributed by atoms with van der Waals surface area (Å²) in [6, 6.07) is 21.1. The van der Waals surface area contributed by atoms with Gasteiger partial charge >= 0.3 is 0 Å². The molecule has 2 heteroatoms. The number of fused-ring (bicyclic) bond motifs is 7. The first-order valence-electron chi connectivity index (χ1n) is 12.3. The van der Waals surface area contributed by atoms with Crippen LogP contribution in [0.3, 0.4) is 0 Å². The van der Waals surface area contributed by atoms with Crippen LogP contribution in [0.1, 0.15) is 67.4 Å². The van der Waals surface area contributed by atoms with Crippen LogP contribution >= 0.6 is 0 Å². The first-order valence-corrected chi connectivity index (χ1v) is 12.3. The molecule has 7 rings (SSSR count).